The van der Waals surface area contributed by atoms with E-state index in [1.165, 1.54) is 0 Å². The fourth-order valence-corrected chi connectivity index (χ4v) is 0.843. The summed E-state index contributed by atoms with van der Waals surface area (Å²) in [6.45, 7) is 9.24. The van der Waals surface area contributed by atoms with Gasteiger partial charge in [-0.15, -0.1) is 0 Å². The number of allylic oxidation sites excluding steroid dienone is 3. The molecule has 12 heavy (non-hydrogen) atoms. The van der Waals surface area contributed by atoms with E-state index in [0.717, 1.165) is 5.70 Å². The highest BCUT2D eigenvalue weighted by Crippen LogP contribution is 2.06. The van der Waals surface area contributed by atoms with Gasteiger partial charge in [-0.3, -0.25) is 4.79 Å². The van der Waals surface area contributed by atoms with Crippen LogP contribution in [-0.2, 0) is 4.79 Å². The normalized spacial score (nSPS) is 11.6. The van der Waals surface area contributed by atoms with Crippen molar-refractivity contribution in [2.45, 2.75) is 20.8 Å². The third-order valence-corrected chi connectivity index (χ3v) is 1.71. The maximum Gasteiger partial charge on any atom is 0.229 e. The Morgan fingerprint density at radius 3 is 2.33 bits per heavy atom. The lowest BCUT2D eigenvalue weighted by Gasteiger charge is -2.19. The lowest BCUT2D eigenvalue weighted by molar-refractivity contribution is -0.131. The summed E-state index contributed by atoms with van der Waals surface area (Å²) in [5.41, 5.74) is 0.920. The number of hydrogen-bond acceptors (Lipinski definition) is 1. The predicted octanol–water partition coefficient (Wildman–Crippen LogP) is 2.19. The van der Waals surface area contributed by atoms with Gasteiger partial charge in [0.05, 0.1) is 0 Å². The van der Waals surface area contributed by atoms with Crippen LogP contribution in [0.3, 0.4) is 0 Å². The minimum atomic E-state index is 0.0446. The van der Waals surface area contributed by atoms with Gasteiger partial charge in [-0.05, 0) is 13.0 Å². The van der Waals surface area contributed by atoms with E-state index in [9.17, 15) is 4.79 Å². The second-order valence-corrected chi connectivity index (χ2v) is 3.10. The molecule has 0 heterocycles. The van der Waals surface area contributed by atoms with Crippen LogP contribution in [-0.4, -0.2) is 17.9 Å². The summed E-state index contributed by atoms with van der Waals surface area (Å²) in [5, 5.41) is 0. The number of amides is 1. The van der Waals surface area contributed by atoms with Crippen molar-refractivity contribution >= 4 is 5.91 Å². The van der Waals surface area contributed by atoms with Gasteiger partial charge in [0.25, 0.3) is 0 Å². The van der Waals surface area contributed by atoms with Crippen LogP contribution in [0.15, 0.2) is 24.4 Å². The van der Waals surface area contributed by atoms with Crippen LogP contribution in [0, 0.1) is 5.92 Å². The molecule has 0 fully saturated rings. The molecule has 2 heteroatoms. The molecular weight excluding hydrogens is 150 g/mol. The molecule has 0 saturated carbocycles. The molecule has 0 spiro atoms. The molecule has 2 nitrogen and oxygen atoms in total. The first-order chi connectivity index (χ1) is 5.50. The summed E-state index contributed by atoms with van der Waals surface area (Å²) < 4.78 is 0. The quantitative estimate of drug-likeness (QED) is 0.590. The summed E-state index contributed by atoms with van der Waals surface area (Å²) >= 11 is 0. The standard InChI is InChI=1S/C10H17NO/c1-6-7-9(4)11(5)10(12)8(2)3/h6-8H,1H2,2-5H3. The van der Waals surface area contributed by atoms with E-state index in [4.69, 9.17) is 0 Å². The Hall–Kier alpha value is -1.05. The van der Waals surface area contributed by atoms with Gasteiger partial charge in [-0.25, -0.2) is 0 Å². The molecule has 0 aliphatic carbocycles. The molecule has 0 rings (SSSR count). The smallest absolute Gasteiger partial charge is 0.229 e. The third kappa shape index (κ3) is 2.91. The van der Waals surface area contributed by atoms with Crippen LogP contribution in [0.1, 0.15) is 20.8 Å². The van der Waals surface area contributed by atoms with Crippen molar-refractivity contribution in [3.05, 3.63) is 24.4 Å². The minimum absolute atomic E-state index is 0.0446. The van der Waals surface area contributed by atoms with Crippen molar-refractivity contribution in [2.24, 2.45) is 5.92 Å². The summed E-state index contributed by atoms with van der Waals surface area (Å²) in [5.74, 6) is 0.175. The Morgan fingerprint density at radius 1 is 1.50 bits per heavy atom. The van der Waals surface area contributed by atoms with Crippen molar-refractivity contribution in [3.63, 3.8) is 0 Å². The Labute approximate surface area is 74.6 Å². The average Bonchev–Trinajstić information content (AvgIpc) is 2.02. The second kappa shape index (κ2) is 4.75. The first-order valence-electron chi connectivity index (χ1n) is 4.07. The number of carbonyl (C=O) groups excluding carboxylic acids is 1. The average molecular weight is 167 g/mol. The number of hydrogen-bond donors (Lipinski definition) is 0. The first kappa shape index (κ1) is 11.0. The van der Waals surface area contributed by atoms with Crippen LogP contribution in [0.5, 0.6) is 0 Å². The highest BCUT2D eigenvalue weighted by Gasteiger charge is 2.12. The van der Waals surface area contributed by atoms with E-state index in [1.807, 2.05) is 26.8 Å². The Bertz CT molecular complexity index is 204. The minimum Gasteiger partial charge on any atom is -0.319 e. The van der Waals surface area contributed by atoms with Gasteiger partial charge in [-0.1, -0.05) is 26.5 Å². The van der Waals surface area contributed by atoms with E-state index in [2.05, 4.69) is 6.58 Å². The Kier molecular flexibility index (Phi) is 4.34. The number of rotatable bonds is 3. The first-order valence-corrected chi connectivity index (χ1v) is 4.07. The van der Waals surface area contributed by atoms with Crippen LogP contribution >= 0.6 is 0 Å². The highest BCUT2D eigenvalue weighted by molar-refractivity contribution is 5.79. The van der Waals surface area contributed by atoms with E-state index < -0.39 is 0 Å². The molecule has 1 amide bonds. The van der Waals surface area contributed by atoms with Gasteiger partial charge in [-0.2, -0.15) is 0 Å². The van der Waals surface area contributed by atoms with Crippen molar-refractivity contribution in [3.8, 4) is 0 Å². The van der Waals surface area contributed by atoms with Crippen molar-refractivity contribution in [1.29, 1.82) is 0 Å². The molecule has 0 aromatic rings. The summed E-state index contributed by atoms with van der Waals surface area (Å²) in [6.07, 6.45) is 3.50. The van der Waals surface area contributed by atoms with Crippen LogP contribution < -0.4 is 0 Å². The van der Waals surface area contributed by atoms with Gasteiger partial charge in [0.1, 0.15) is 0 Å². The van der Waals surface area contributed by atoms with Gasteiger partial charge < -0.3 is 4.90 Å². The molecule has 0 saturated heterocycles. The lowest BCUT2D eigenvalue weighted by Crippen LogP contribution is -2.28. The van der Waals surface area contributed by atoms with Gasteiger partial charge in [0.15, 0.2) is 0 Å². The molecule has 0 aliphatic heterocycles. The monoisotopic (exact) mass is 167 g/mol. The molecular formula is C10H17NO. The molecule has 0 atom stereocenters. The molecule has 0 N–H and O–H groups in total. The third-order valence-electron chi connectivity index (χ3n) is 1.71. The molecule has 0 unspecified atom stereocenters. The van der Waals surface area contributed by atoms with Crippen molar-refractivity contribution in [1.82, 2.24) is 4.90 Å². The summed E-state index contributed by atoms with van der Waals surface area (Å²) in [4.78, 5) is 13.1. The van der Waals surface area contributed by atoms with E-state index in [-0.39, 0.29) is 11.8 Å². The molecule has 0 aromatic carbocycles. The fourth-order valence-electron chi connectivity index (χ4n) is 0.843. The number of nitrogens with zero attached hydrogens (tertiary/aromatic N) is 1. The van der Waals surface area contributed by atoms with Gasteiger partial charge in [0.2, 0.25) is 5.91 Å². The van der Waals surface area contributed by atoms with Crippen molar-refractivity contribution < 1.29 is 4.79 Å². The van der Waals surface area contributed by atoms with E-state index in [0.29, 0.717) is 0 Å². The SMILES string of the molecule is C=CC=C(C)N(C)C(=O)C(C)C. The van der Waals surface area contributed by atoms with Crippen LogP contribution in [0.2, 0.25) is 0 Å². The van der Waals surface area contributed by atoms with E-state index >= 15 is 0 Å². The molecule has 68 valence electrons. The van der Waals surface area contributed by atoms with Gasteiger partial charge >= 0.3 is 0 Å². The molecule has 0 aliphatic rings. The van der Waals surface area contributed by atoms with E-state index in [1.54, 1.807) is 18.0 Å². The zero-order chi connectivity index (χ0) is 9.72. The maximum atomic E-state index is 11.4. The zero-order valence-corrected chi connectivity index (χ0v) is 8.29. The lowest BCUT2D eigenvalue weighted by atomic mass is 10.2. The van der Waals surface area contributed by atoms with Crippen LogP contribution in [0.4, 0.5) is 0 Å². The zero-order valence-electron chi connectivity index (χ0n) is 8.29. The molecule has 0 bridgehead atoms. The predicted molar refractivity (Wildman–Crippen MR) is 51.6 cm³/mol. The van der Waals surface area contributed by atoms with Gasteiger partial charge in [0, 0.05) is 18.7 Å². The topological polar surface area (TPSA) is 20.3 Å². The van der Waals surface area contributed by atoms with Crippen molar-refractivity contribution in [2.75, 3.05) is 7.05 Å². The second-order valence-electron chi connectivity index (χ2n) is 3.10. The highest BCUT2D eigenvalue weighted by atomic mass is 16.2. The largest absolute Gasteiger partial charge is 0.319 e. The Morgan fingerprint density at radius 2 is 2.00 bits per heavy atom. The molecule has 0 radical (unpaired) electrons. The summed E-state index contributed by atoms with van der Waals surface area (Å²) in [6, 6.07) is 0. The number of carbonyl (C=O) groups is 1. The Balaban J connectivity index is 4.38. The maximum absolute atomic E-state index is 11.4. The fraction of sp³-hybridized carbons (Fsp3) is 0.500. The molecule has 0 aromatic heterocycles. The van der Waals surface area contributed by atoms with Crippen LogP contribution in [0.25, 0.3) is 0 Å². The summed E-state index contributed by atoms with van der Waals surface area (Å²) in [7, 11) is 1.78.